The van der Waals surface area contributed by atoms with E-state index in [-0.39, 0.29) is 24.0 Å². The Balaban J connectivity index is 1.54. The first-order chi connectivity index (χ1) is 14.8. The van der Waals surface area contributed by atoms with Crippen molar-refractivity contribution in [1.82, 2.24) is 20.0 Å². The second-order valence-corrected chi connectivity index (χ2v) is 8.82. The number of benzene rings is 1. The molecule has 2 fully saturated rings. The Morgan fingerprint density at radius 1 is 1.26 bits per heavy atom. The Kier molecular flexibility index (Phi) is 4.73. The normalized spacial score (nSPS) is 23.0. The quantitative estimate of drug-likeness (QED) is 0.664. The highest BCUT2D eigenvalue weighted by Gasteiger charge is 2.40. The van der Waals surface area contributed by atoms with E-state index in [4.69, 9.17) is 4.74 Å². The van der Waals surface area contributed by atoms with Gasteiger partial charge in [-0.2, -0.15) is 10.2 Å². The molecule has 0 bridgehead atoms. The van der Waals surface area contributed by atoms with E-state index in [1.165, 1.54) is 4.68 Å². The van der Waals surface area contributed by atoms with Crippen molar-refractivity contribution in [1.29, 1.82) is 0 Å². The van der Waals surface area contributed by atoms with E-state index >= 15 is 0 Å². The molecule has 164 valence electrons. The second kappa shape index (κ2) is 7.33. The molecular weight excluding hydrogens is 401 g/mol. The van der Waals surface area contributed by atoms with Gasteiger partial charge < -0.3 is 14.7 Å². The van der Waals surface area contributed by atoms with E-state index < -0.39 is 12.3 Å². The molecule has 2 aromatic heterocycles. The molecule has 3 heterocycles. The minimum absolute atomic E-state index is 0.0920. The Bertz CT molecular complexity index is 1170. The number of aliphatic hydroxyl groups is 1. The van der Waals surface area contributed by atoms with Crippen molar-refractivity contribution in [3.05, 3.63) is 34.6 Å². The maximum Gasteiger partial charge on any atom is 0.290 e. The summed E-state index contributed by atoms with van der Waals surface area (Å²) in [5.41, 5.74) is 2.09. The van der Waals surface area contributed by atoms with Crippen molar-refractivity contribution in [2.75, 3.05) is 18.0 Å². The molecule has 0 radical (unpaired) electrons. The highest BCUT2D eigenvalue weighted by Crippen LogP contribution is 2.40. The van der Waals surface area contributed by atoms with Crippen LogP contribution in [-0.2, 0) is 7.05 Å². The molecule has 5 rings (SSSR count). The lowest BCUT2D eigenvalue weighted by Gasteiger charge is -2.22. The fourth-order valence-electron chi connectivity index (χ4n) is 4.04. The summed E-state index contributed by atoms with van der Waals surface area (Å²) in [6.45, 7) is 2.85. The number of fused-ring (bicyclic) bond motifs is 1. The van der Waals surface area contributed by atoms with Gasteiger partial charge in [-0.05, 0) is 56.9 Å². The molecular formula is C22H26FN5O3. The number of ether oxygens (including phenoxy) is 1. The molecule has 31 heavy (non-hydrogen) atoms. The molecule has 0 spiro atoms. The van der Waals surface area contributed by atoms with E-state index in [0.29, 0.717) is 30.2 Å². The fourth-order valence-corrected chi connectivity index (χ4v) is 4.04. The van der Waals surface area contributed by atoms with Crippen LogP contribution in [0, 0.1) is 0 Å². The third-order valence-corrected chi connectivity index (χ3v) is 6.27. The van der Waals surface area contributed by atoms with E-state index in [0.717, 1.165) is 29.5 Å². The van der Waals surface area contributed by atoms with Gasteiger partial charge >= 0.3 is 0 Å². The number of anilines is 1. The number of hydrogen-bond donors (Lipinski definition) is 2. The number of rotatable bonds is 4. The standard InChI is InChI=1S/C22H26FN5O3/c1-22(7-8-22)31-13-3-4-16-14(11-13)20(25-24-16)17-12-18(21(30)27(2)26-17)28-9-5-15(23)19(29)6-10-28/h3-4,11-12,15,19,29H,5-10H2,1-2H3,(H,24,25)/t15-,19+/m0/s1. The Morgan fingerprint density at radius 3 is 2.81 bits per heavy atom. The summed E-state index contributed by atoms with van der Waals surface area (Å²) >= 11 is 0. The third kappa shape index (κ3) is 3.78. The molecule has 3 aromatic rings. The van der Waals surface area contributed by atoms with E-state index in [1.807, 2.05) is 23.1 Å². The molecule has 8 nitrogen and oxygen atoms in total. The van der Waals surface area contributed by atoms with Crippen LogP contribution < -0.4 is 15.2 Å². The number of aromatic amines is 1. The number of nitrogens with one attached hydrogen (secondary N) is 1. The van der Waals surface area contributed by atoms with Crippen LogP contribution in [0.15, 0.2) is 29.1 Å². The zero-order chi connectivity index (χ0) is 21.8. The summed E-state index contributed by atoms with van der Waals surface area (Å²) in [4.78, 5) is 14.6. The van der Waals surface area contributed by atoms with E-state index in [9.17, 15) is 14.3 Å². The maximum absolute atomic E-state index is 13.9. The molecule has 0 amide bonds. The number of H-pyrrole nitrogens is 1. The van der Waals surface area contributed by atoms with Crippen molar-refractivity contribution < 1.29 is 14.2 Å². The number of hydrogen-bond acceptors (Lipinski definition) is 6. The largest absolute Gasteiger partial charge is 0.488 e. The number of alkyl halides is 1. The van der Waals surface area contributed by atoms with Crippen molar-refractivity contribution in [3.63, 3.8) is 0 Å². The summed E-state index contributed by atoms with van der Waals surface area (Å²) in [6.07, 6.45) is 0.243. The van der Waals surface area contributed by atoms with E-state index in [1.54, 1.807) is 13.1 Å². The van der Waals surface area contributed by atoms with Gasteiger partial charge in [0, 0.05) is 25.5 Å². The maximum atomic E-state index is 13.9. The summed E-state index contributed by atoms with van der Waals surface area (Å²) in [6, 6.07) is 7.50. The van der Waals surface area contributed by atoms with Crippen LogP contribution in [0.25, 0.3) is 22.3 Å². The summed E-state index contributed by atoms with van der Waals surface area (Å²) in [5, 5.41) is 22.6. The highest BCUT2D eigenvalue weighted by atomic mass is 19.1. The zero-order valence-electron chi connectivity index (χ0n) is 17.6. The number of aromatic nitrogens is 4. The van der Waals surface area contributed by atoms with Gasteiger partial charge in [0.1, 0.15) is 34.6 Å². The molecule has 1 saturated heterocycles. The number of aliphatic hydroxyl groups excluding tert-OH is 1. The Hall–Kier alpha value is -2.94. The van der Waals surface area contributed by atoms with Crippen molar-refractivity contribution in [2.24, 2.45) is 7.05 Å². The highest BCUT2D eigenvalue weighted by molar-refractivity contribution is 5.93. The Labute approximate surface area is 178 Å². The summed E-state index contributed by atoms with van der Waals surface area (Å²) in [5.74, 6) is 0.774. The minimum atomic E-state index is -1.28. The van der Waals surface area contributed by atoms with Crippen LogP contribution in [0.1, 0.15) is 32.6 Å². The lowest BCUT2D eigenvalue weighted by molar-refractivity contribution is 0.0759. The van der Waals surface area contributed by atoms with Gasteiger partial charge in [0.25, 0.3) is 5.56 Å². The zero-order valence-corrected chi connectivity index (χ0v) is 17.6. The number of halogens is 1. The molecule has 2 aliphatic rings. The molecule has 2 N–H and O–H groups in total. The smallest absolute Gasteiger partial charge is 0.290 e. The van der Waals surface area contributed by atoms with Crippen LogP contribution in [0.3, 0.4) is 0 Å². The topological polar surface area (TPSA) is 96.3 Å². The van der Waals surface area contributed by atoms with E-state index in [2.05, 4.69) is 22.2 Å². The lowest BCUT2D eigenvalue weighted by Crippen LogP contribution is -2.33. The van der Waals surface area contributed by atoms with Crippen molar-refractivity contribution >= 4 is 16.6 Å². The summed E-state index contributed by atoms with van der Waals surface area (Å²) in [7, 11) is 1.59. The van der Waals surface area contributed by atoms with Gasteiger partial charge in [-0.15, -0.1) is 0 Å². The molecule has 1 saturated carbocycles. The molecule has 1 aromatic carbocycles. The van der Waals surface area contributed by atoms with Gasteiger partial charge in [-0.1, -0.05) is 0 Å². The molecule has 9 heteroatoms. The molecule has 2 atom stereocenters. The lowest BCUT2D eigenvalue weighted by atomic mass is 10.1. The molecule has 1 aliphatic carbocycles. The van der Waals surface area contributed by atoms with Crippen LogP contribution >= 0.6 is 0 Å². The van der Waals surface area contributed by atoms with Gasteiger partial charge in [0.2, 0.25) is 0 Å². The number of nitrogens with zero attached hydrogens (tertiary/aromatic N) is 4. The second-order valence-electron chi connectivity index (χ2n) is 8.82. The molecule has 0 unspecified atom stereocenters. The van der Waals surface area contributed by atoms with Gasteiger partial charge in [0.15, 0.2) is 0 Å². The minimum Gasteiger partial charge on any atom is -0.488 e. The first kappa shape index (κ1) is 20.0. The first-order valence-electron chi connectivity index (χ1n) is 10.7. The van der Waals surface area contributed by atoms with Crippen LogP contribution in [-0.4, -0.2) is 56.1 Å². The van der Waals surface area contributed by atoms with Crippen molar-refractivity contribution in [2.45, 2.75) is 50.5 Å². The Morgan fingerprint density at radius 2 is 2.03 bits per heavy atom. The first-order valence-corrected chi connectivity index (χ1v) is 10.7. The van der Waals surface area contributed by atoms with Crippen LogP contribution in [0.2, 0.25) is 0 Å². The average Bonchev–Trinajstić information content (AvgIpc) is 3.36. The molecule has 1 aliphatic heterocycles. The monoisotopic (exact) mass is 427 g/mol. The predicted molar refractivity (Wildman–Crippen MR) is 115 cm³/mol. The summed E-state index contributed by atoms with van der Waals surface area (Å²) < 4.78 is 21.3. The van der Waals surface area contributed by atoms with Gasteiger partial charge in [-0.3, -0.25) is 9.89 Å². The van der Waals surface area contributed by atoms with Gasteiger partial charge in [0.05, 0.1) is 11.6 Å². The third-order valence-electron chi connectivity index (χ3n) is 6.27. The SMILES string of the molecule is Cn1nc(-c2n[nH]c3ccc(OC4(C)CC4)cc23)cc(N2CC[C@@H](O)[C@@H](F)CC2)c1=O. The van der Waals surface area contributed by atoms with Gasteiger partial charge in [-0.25, -0.2) is 9.07 Å². The van der Waals surface area contributed by atoms with Crippen molar-refractivity contribution in [3.8, 4) is 17.1 Å². The van der Waals surface area contributed by atoms with Crippen LogP contribution in [0.4, 0.5) is 10.1 Å². The number of aryl methyl sites for hydroxylation is 1. The average molecular weight is 427 g/mol. The fraction of sp³-hybridized carbons (Fsp3) is 0.500. The predicted octanol–water partition coefficient (Wildman–Crippen LogP) is 2.55. The van der Waals surface area contributed by atoms with Crippen LogP contribution in [0.5, 0.6) is 5.75 Å².